The molecule has 2 aromatic rings. The lowest BCUT2D eigenvalue weighted by molar-refractivity contribution is 0.0753. The number of fused-ring (bicyclic) bond motifs is 1. The second-order valence-electron chi connectivity index (χ2n) is 5.28. The summed E-state index contributed by atoms with van der Waals surface area (Å²) < 4.78 is 7.10. The van der Waals surface area contributed by atoms with Crippen LogP contribution in [0.5, 0.6) is 0 Å². The zero-order chi connectivity index (χ0) is 13.1. The zero-order valence-electron chi connectivity index (χ0n) is 11.0. The maximum Gasteiger partial charge on any atom is 0.120 e. The van der Waals surface area contributed by atoms with Crippen molar-refractivity contribution in [1.29, 1.82) is 0 Å². The summed E-state index contributed by atoms with van der Waals surface area (Å²) in [7, 11) is 0. The number of ether oxygens (including phenoxy) is 1. The van der Waals surface area contributed by atoms with E-state index in [2.05, 4.69) is 23.2 Å². The van der Waals surface area contributed by atoms with Crippen LogP contribution in [0.1, 0.15) is 24.3 Å². The summed E-state index contributed by atoms with van der Waals surface area (Å²) in [5.41, 5.74) is 6.87. The van der Waals surface area contributed by atoms with Gasteiger partial charge >= 0.3 is 0 Å². The van der Waals surface area contributed by atoms with Gasteiger partial charge in [0, 0.05) is 0 Å². The van der Waals surface area contributed by atoms with Crippen molar-refractivity contribution in [2.24, 2.45) is 17.6 Å². The molecule has 1 aliphatic rings. The predicted molar refractivity (Wildman–Crippen MR) is 79.2 cm³/mol. The first-order valence-corrected chi connectivity index (χ1v) is 7.80. The van der Waals surface area contributed by atoms with Crippen molar-refractivity contribution >= 4 is 21.6 Å². The first kappa shape index (κ1) is 13.0. The van der Waals surface area contributed by atoms with Gasteiger partial charge in [0.2, 0.25) is 0 Å². The molecular weight excluding hydrogens is 256 g/mol. The van der Waals surface area contributed by atoms with Gasteiger partial charge in [-0.15, -0.1) is 11.3 Å². The number of rotatable bonds is 5. The Labute approximate surface area is 117 Å². The summed E-state index contributed by atoms with van der Waals surface area (Å²) in [5, 5.41) is 1.07. The van der Waals surface area contributed by atoms with Crippen LogP contribution < -0.4 is 5.73 Å². The lowest BCUT2D eigenvalue weighted by Gasteiger charge is -2.17. The number of para-hydroxylation sites is 1. The number of nitrogens with two attached hydrogens (primary N) is 1. The number of hydrogen-bond acceptors (Lipinski definition) is 4. The fourth-order valence-electron chi connectivity index (χ4n) is 2.92. The molecule has 0 radical (unpaired) electrons. The van der Waals surface area contributed by atoms with E-state index in [0.717, 1.165) is 23.7 Å². The highest BCUT2D eigenvalue weighted by atomic mass is 32.1. The van der Waals surface area contributed by atoms with Crippen LogP contribution in [-0.4, -0.2) is 18.1 Å². The smallest absolute Gasteiger partial charge is 0.120 e. The minimum atomic E-state index is 0.632. The molecule has 1 aromatic heterocycles. The summed E-state index contributed by atoms with van der Waals surface area (Å²) in [6, 6.07) is 8.24. The second kappa shape index (κ2) is 5.99. The van der Waals surface area contributed by atoms with Gasteiger partial charge in [-0.3, -0.25) is 0 Å². The van der Waals surface area contributed by atoms with Gasteiger partial charge < -0.3 is 10.5 Å². The van der Waals surface area contributed by atoms with E-state index in [1.54, 1.807) is 11.3 Å². The summed E-state index contributed by atoms with van der Waals surface area (Å²) >= 11 is 1.73. The van der Waals surface area contributed by atoms with Crippen molar-refractivity contribution in [2.75, 3.05) is 13.2 Å². The Bertz CT molecular complexity index is 507. The number of nitrogens with zero attached hydrogens (tertiary/aromatic N) is 1. The molecule has 0 amide bonds. The molecule has 1 aromatic carbocycles. The minimum Gasteiger partial charge on any atom is -0.374 e. The molecule has 3 nitrogen and oxygen atoms in total. The number of hydrogen-bond donors (Lipinski definition) is 1. The summed E-state index contributed by atoms with van der Waals surface area (Å²) in [5.74, 6) is 1.31. The van der Waals surface area contributed by atoms with E-state index >= 15 is 0 Å². The topological polar surface area (TPSA) is 48.1 Å². The average molecular weight is 276 g/mol. The molecule has 0 bridgehead atoms. The number of aromatic nitrogens is 1. The zero-order valence-corrected chi connectivity index (χ0v) is 11.9. The van der Waals surface area contributed by atoms with Gasteiger partial charge in [-0.2, -0.15) is 0 Å². The SMILES string of the molecule is NCC1CCCC1COCc1nc2ccccc2s1. The molecule has 0 saturated heterocycles. The monoisotopic (exact) mass is 276 g/mol. The predicted octanol–water partition coefficient (Wildman–Crippen LogP) is 3.19. The van der Waals surface area contributed by atoms with Gasteiger partial charge in [-0.05, 0) is 43.4 Å². The third-order valence-corrected chi connectivity index (χ3v) is 5.02. The third-order valence-electron chi connectivity index (χ3n) is 4.01. The molecule has 19 heavy (non-hydrogen) atoms. The van der Waals surface area contributed by atoms with Gasteiger partial charge in [0.1, 0.15) is 5.01 Å². The molecule has 2 atom stereocenters. The van der Waals surface area contributed by atoms with Crippen LogP contribution in [0.2, 0.25) is 0 Å². The lowest BCUT2D eigenvalue weighted by atomic mass is 9.97. The first-order chi connectivity index (χ1) is 9.36. The standard InChI is InChI=1S/C15H20N2OS/c16-8-11-4-3-5-12(11)9-18-10-15-17-13-6-1-2-7-14(13)19-15/h1-2,6-7,11-12H,3-5,8-10,16H2. The molecule has 1 aliphatic carbocycles. The van der Waals surface area contributed by atoms with Crippen LogP contribution in [0.25, 0.3) is 10.2 Å². The molecule has 0 spiro atoms. The molecule has 0 aliphatic heterocycles. The fraction of sp³-hybridized carbons (Fsp3) is 0.533. The van der Waals surface area contributed by atoms with Crippen LogP contribution in [0.3, 0.4) is 0 Å². The quantitative estimate of drug-likeness (QED) is 0.912. The number of thiazole rings is 1. The molecular formula is C15H20N2OS. The van der Waals surface area contributed by atoms with Gasteiger partial charge in [-0.1, -0.05) is 18.6 Å². The molecule has 3 rings (SSSR count). The Morgan fingerprint density at radius 3 is 2.95 bits per heavy atom. The van der Waals surface area contributed by atoms with Gasteiger partial charge in [0.05, 0.1) is 23.4 Å². The van der Waals surface area contributed by atoms with E-state index in [1.165, 1.54) is 24.0 Å². The first-order valence-electron chi connectivity index (χ1n) is 6.99. The third kappa shape index (κ3) is 2.96. The molecule has 1 saturated carbocycles. The summed E-state index contributed by atoms with van der Waals surface area (Å²) in [6.45, 7) is 2.26. The van der Waals surface area contributed by atoms with E-state index < -0.39 is 0 Å². The van der Waals surface area contributed by atoms with E-state index in [1.807, 2.05) is 6.07 Å². The summed E-state index contributed by atoms with van der Waals surface area (Å²) in [6.07, 6.45) is 3.84. The minimum absolute atomic E-state index is 0.632. The highest BCUT2D eigenvalue weighted by Gasteiger charge is 2.26. The Balaban J connectivity index is 1.54. The van der Waals surface area contributed by atoms with Crippen molar-refractivity contribution in [2.45, 2.75) is 25.9 Å². The van der Waals surface area contributed by atoms with E-state index in [4.69, 9.17) is 10.5 Å². The van der Waals surface area contributed by atoms with Crippen LogP contribution in [0.15, 0.2) is 24.3 Å². The molecule has 102 valence electrons. The van der Waals surface area contributed by atoms with Crippen LogP contribution in [0.4, 0.5) is 0 Å². The van der Waals surface area contributed by atoms with E-state index in [-0.39, 0.29) is 0 Å². The molecule has 2 N–H and O–H groups in total. The van der Waals surface area contributed by atoms with Gasteiger partial charge in [0.25, 0.3) is 0 Å². The van der Waals surface area contributed by atoms with Crippen LogP contribution in [0, 0.1) is 11.8 Å². The highest BCUT2D eigenvalue weighted by Crippen LogP contribution is 2.31. The van der Waals surface area contributed by atoms with Crippen molar-refractivity contribution in [3.63, 3.8) is 0 Å². The number of benzene rings is 1. The summed E-state index contributed by atoms with van der Waals surface area (Å²) in [4.78, 5) is 4.58. The molecule has 4 heteroatoms. The second-order valence-corrected chi connectivity index (χ2v) is 6.39. The van der Waals surface area contributed by atoms with Gasteiger partial charge in [0.15, 0.2) is 0 Å². The van der Waals surface area contributed by atoms with Crippen molar-refractivity contribution in [3.05, 3.63) is 29.3 Å². The van der Waals surface area contributed by atoms with Crippen molar-refractivity contribution < 1.29 is 4.74 Å². The maximum atomic E-state index is 5.86. The highest BCUT2D eigenvalue weighted by molar-refractivity contribution is 7.18. The maximum absolute atomic E-state index is 5.86. The fourth-order valence-corrected chi connectivity index (χ4v) is 3.83. The van der Waals surface area contributed by atoms with Crippen LogP contribution >= 0.6 is 11.3 Å². The average Bonchev–Trinajstić information content (AvgIpc) is 3.04. The Morgan fingerprint density at radius 2 is 2.11 bits per heavy atom. The Morgan fingerprint density at radius 1 is 1.26 bits per heavy atom. The largest absolute Gasteiger partial charge is 0.374 e. The Hall–Kier alpha value is -0.970. The van der Waals surface area contributed by atoms with E-state index in [9.17, 15) is 0 Å². The van der Waals surface area contributed by atoms with Gasteiger partial charge in [-0.25, -0.2) is 4.98 Å². The molecule has 2 unspecified atom stereocenters. The Kier molecular flexibility index (Phi) is 4.11. The molecule has 1 fully saturated rings. The van der Waals surface area contributed by atoms with E-state index in [0.29, 0.717) is 18.4 Å². The van der Waals surface area contributed by atoms with Crippen molar-refractivity contribution in [3.8, 4) is 0 Å². The lowest BCUT2D eigenvalue weighted by Crippen LogP contribution is -2.22. The normalized spacial score (nSPS) is 23.2. The molecule has 1 heterocycles. The van der Waals surface area contributed by atoms with Crippen molar-refractivity contribution in [1.82, 2.24) is 4.98 Å². The van der Waals surface area contributed by atoms with Crippen LogP contribution in [-0.2, 0) is 11.3 Å².